The van der Waals surface area contributed by atoms with Crippen molar-refractivity contribution in [3.63, 3.8) is 0 Å². The monoisotopic (exact) mass is 299 g/mol. The van der Waals surface area contributed by atoms with Crippen molar-refractivity contribution in [3.05, 3.63) is 0 Å². The quantitative estimate of drug-likeness (QED) is 0.428. The van der Waals surface area contributed by atoms with Crippen molar-refractivity contribution in [1.29, 1.82) is 0 Å². The first-order valence-corrected chi connectivity index (χ1v) is 0. The molecule has 0 bridgehead atoms. The molecule has 0 aromatic rings. The minimum atomic E-state index is 0. The van der Waals surface area contributed by atoms with Crippen molar-refractivity contribution in [1.82, 2.24) is 0 Å². The van der Waals surface area contributed by atoms with Crippen LogP contribution in [0.5, 0.6) is 0 Å². The second-order valence-corrected chi connectivity index (χ2v) is 0. The van der Waals surface area contributed by atoms with E-state index in [4.69, 9.17) is 0 Å². The molecular weight excluding hydrogens is 288 g/mol. The molecule has 0 aromatic carbocycles. The van der Waals surface area contributed by atoms with Gasteiger partial charge >= 0.3 is 86.6 Å². The van der Waals surface area contributed by atoms with Crippen LogP contribution in [0, 0.1) is 0 Å². The molecule has 0 amide bonds. The number of hydrogen-bond donors (Lipinski definition) is 0. The molecule has 5 heteroatoms. The molecule has 0 unspecified atom stereocenters. The van der Waals surface area contributed by atoms with Gasteiger partial charge in [-0.2, -0.15) is 0 Å². The van der Waals surface area contributed by atoms with Crippen LogP contribution in [0.3, 0.4) is 0 Å². The zero-order valence-electron chi connectivity index (χ0n) is 6.77. The Kier molecular flexibility index (Phi) is 173. The van der Waals surface area contributed by atoms with E-state index in [0.717, 1.165) is 0 Å². The van der Waals surface area contributed by atoms with Crippen molar-refractivity contribution in [2.24, 2.45) is 0 Å². The van der Waals surface area contributed by atoms with Crippen molar-refractivity contribution in [2.75, 3.05) is 0 Å². The molecule has 29 valence electrons. The van der Waals surface area contributed by atoms with Gasteiger partial charge in [-0.15, -0.1) is 0 Å². The number of rotatable bonds is 0. The van der Waals surface area contributed by atoms with Gasteiger partial charge in [0.25, 0.3) is 0 Å². The molecule has 1 radical (unpaired) electrons. The summed E-state index contributed by atoms with van der Waals surface area (Å²) in [6, 6.07) is 0. The van der Waals surface area contributed by atoms with Crippen LogP contribution in [0.15, 0.2) is 0 Å². The fraction of sp³-hybridized carbons (Fsp3) is 0. The van der Waals surface area contributed by atoms with Crippen molar-refractivity contribution in [2.45, 2.75) is 0 Å². The predicted molar refractivity (Wildman–Crippen MR) is 35.8 cm³/mol. The molecule has 0 aliphatic heterocycles. The van der Waals surface area contributed by atoms with E-state index >= 15 is 0 Å². The molecule has 0 saturated carbocycles. The van der Waals surface area contributed by atoms with Crippen LogP contribution in [-0.2, 0) is 17.1 Å². The fourth-order valence-electron chi connectivity index (χ4n) is 0. The van der Waals surface area contributed by atoms with E-state index in [9.17, 15) is 0 Å². The van der Waals surface area contributed by atoms with Gasteiger partial charge in [-0.3, -0.25) is 0 Å². The molecule has 0 spiro atoms. The van der Waals surface area contributed by atoms with Gasteiger partial charge in [0.05, 0.1) is 0 Å². The minimum absolute atomic E-state index is 0. The maximum absolute atomic E-state index is 0. The van der Waals surface area contributed by atoms with Crippen LogP contribution < -0.4 is 0 Å². The summed E-state index contributed by atoms with van der Waals surface area (Å²) < 4.78 is 0. The molecule has 0 atom stereocenters. The Labute approximate surface area is 134 Å². The van der Waals surface area contributed by atoms with Crippen LogP contribution in [-0.4, -0.2) is 115 Å². The van der Waals surface area contributed by atoms with Crippen LogP contribution >= 0.6 is 0 Å². The third-order valence-electron chi connectivity index (χ3n) is 0. The third-order valence-corrected chi connectivity index (χ3v) is 0. The van der Waals surface area contributed by atoms with E-state index in [0.29, 0.717) is 0 Å². The standard InChI is InChI=1S/Al.Ba.Ca.Fe.H3Si.7H/h;;;;1H3;;;;;;;/q;2*+2;;;;;;4*-1. The van der Waals surface area contributed by atoms with E-state index in [-0.39, 0.29) is 138 Å². The fourth-order valence-corrected chi connectivity index (χ4v) is 0. The maximum Gasteiger partial charge on any atom is 2.00 e. The Hall–Kier alpha value is 4.10. The van der Waals surface area contributed by atoms with Gasteiger partial charge in [-0.05, 0) is 11.0 Å². The molecule has 0 saturated heterocycles. The Morgan fingerprint density at radius 1 is 1.20 bits per heavy atom. The first kappa shape index (κ1) is 35.5. The first-order chi connectivity index (χ1) is 0. The average molecular weight is 298 g/mol. The van der Waals surface area contributed by atoms with Gasteiger partial charge in [0.2, 0.25) is 0 Å². The Bertz CT molecular complexity index is 20.5. The molecular formula is H10AlBaCaFeSi. The summed E-state index contributed by atoms with van der Waals surface area (Å²) in [5, 5.41) is 0. The number of hydrogen-bond acceptors (Lipinski definition) is 0. The van der Waals surface area contributed by atoms with Gasteiger partial charge in [0.15, 0.2) is 17.4 Å². The first-order valence-electron chi connectivity index (χ1n) is 0. The van der Waals surface area contributed by atoms with Crippen LogP contribution in [0.2, 0.25) is 0 Å². The normalized spacial score (nSPS) is 0. The molecule has 0 aromatic heterocycles. The van der Waals surface area contributed by atoms with Crippen LogP contribution in [0.4, 0.5) is 0 Å². The van der Waals surface area contributed by atoms with Crippen LogP contribution in [0.1, 0.15) is 5.71 Å². The molecule has 0 rings (SSSR count). The molecule has 0 aliphatic carbocycles. The van der Waals surface area contributed by atoms with Crippen molar-refractivity contribution >= 4 is 115 Å². The zero-order chi connectivity index (χ0) is 0. The Balaban J connectivity index is 0. The van der Waals surface area contributed by atoms with Gasteiger partial charge in [-0.1, -0.05) is 0 Å². The molecule has 0 nitrogen and oxygen atoms in total. The van der Waals surface area contributed by atoms with Gasteiger partial charge < -0.3 is 5.71 Å². The Morgan fingerprint density at radius 3 is 1.20 bits per heavy atom. The van der Waals surface area contributed by atoms with Gasteiger partial charge in [0.1, 0.15) is 0 Å². The summed E-state index contributed by atoms with van der Waals surface area (Å²) >= 11 is 0. The smallest absolute Gasteiger partial charge is 1.00 e. The van der Waals surface area contributed by atoms with Crippen molar-refractivity contribution in [3.8, 4) is 0 Å². The summed E-state index contributed by atoms with van der Waals surface area (Å²) in [7, 11) is 0. The molecule has 0 aliphatic rings. The second-order valence-electron chi connectivity index (χ2n) is 0. The summed E-state index contributed by atoms with van der Waals surface area (Å²) in [6.07, 6.45) is 0. The average Bonchev–Trinajstić information content (AvgIpc) is 0. The second kappa shape index (κ2) is 24.3. The summed E-state index contributed by atoms with van der Waals surface area (Å²) in [5.41, 5.74) is 0. The summed E-state index contributed by atoms with van der Waals surface area (Å²) in [4.78, 5) is 0. The minimum Gasteiger partial charge on any atom is -1.00 e. The van der Waals surface area contributed by atoms with Gasteiger partial charge in [0, 0.05) is 17.1 Å². The Morgan fingerprint density at radius 2 is 1.20 bits per heavy atom. The predicted octanol–water partition coefficient (Wildman–Crippen LogP) is -2.68. The zero-order valence-corrected chi connectivity index (χ0v) is 12.5. The van der Waals surface area contributed by atoms with E-state index in [1.54, 1.807) is 0 Å². The van der Waals surface area contributed by atoms with E-state index in [1.807, 2.05) is 0 Å². The molecule has 0 heterocycles. The molecule has 5 heavy (non-hydrogen) atoms. The topological polar surface area (TPSA) is 0 Å². The third kappa shape index (κ3) is 17.9. The van der Waals surface area contributed by atoms with E-state index in [2.05, 4.69) is 0 Å². The van der Waals surface area contributed by atoms with Gasteiger partial charge in [-0.25, -0.2) is 0 Å². The molecule has 0 N–H and O–H groups in total. The SMILES string of the molecule is [AlH3].[Ba+2].[Ca+2].[Fe].[H-].[H-].[H-].[H-].[SiH3]. The maximum atomic E-state index is 0. The summed E-state index contributed by atoms with van der Waals surface area (Å²) in [6.45, 7) is 0. The molecule has 0 fully saturated rings. The van der Waals surface area contributed by atoms with E-state index < -0.39 is 0 Å². The van der Waals surface area contributed by atoms with Crippen molar-refractivity contribution < 1.29 is 22.8 Å². The van der Waals surface area contributed by atoms with E-state index in [1.165, 1.54) is 0 Å². The largest absolute Gasteiger partial charge is 2.00 e. The summed E-state index contributed by atoms with van der Waals surface area (Å²) in [5.74, 6) is 0. The van der Waals surface area contributed by atoms with Crippen LogP contribution in [0.25, 0.3) is 0 Å².